The number of aryl methyl sites for hydroxylation is 1. The van der Waals surface area contributed by atoms with Gasteiger partial charge in [-0.15, -0.1) is 5.10 Å². The van der Waals surface area contributed by atoms with E-state index in [9.17, 15) is 4.79 Å². The number of likely N-dealkylation sites (N-methyl/N-ethyl adjacent to an activating group) is 1. The van der Waals surface area contributed by atoms with Gasteiger partial charge in [-0.1, -0.05) is 17.3 Å². The molecule has 3 aromatic heterocycles. The number of hydrogen-bond acceptors (Lipinski definition) is 8. The summed E-state index contributed by atoms with van der Waals surface area (Å²) in [6.45, 7) is -0.278. The average molecular weight is 433 g/mol. The molecule has 1 saturated heterocycles. The summed E-state index contributed by atoms with van der Waals surface area (Å²) in [7, 11) is 1.80. The maximum Gasteiger partial charge on any atom is 0.258 e. The zero-order chi connectivity index (χ0) is 24.6. The van der Waals surface area contributed by atoms with Crippen LogP contribution in [0.25, 0.3) is 22.2 Å². The van der Waals surface area contributed by atoms with Crippen molar-refractivity contribution in [3.05, 3.63) is 54.5 Å². The molecule has 0 atom stereocenters. The molecule has 32 heavy (non-hydrogen) atoms. The van der Waals surface area contributed by atoms with Crippen LogP contribution >= 0.6 is 0 Å². The van der Waals surface area contributed by atoms with Crippen molar-refractivity contribution in [1.82, 2.24) is 34.8 Å². The highest BCUT2D eigenvalue weighted by molar-refractivity contribution is 6.04. The SMILES string of the molecule is [2H]C([2H])([2H])N1CCN(c2cc(C(=O)Nc3ncc4ccc(-c5cn(C)nn5)cc4n3)ccn2)CC1. The van der Waals surface area contributed by atoms with E-state index in [0.29, 0.717) is 43.1 Å². The van der Waals surface area contributed by atoms with Crippen molar-refractivity contribution in [3.8, 4) is 11.3 Å². The maximum atomic E-state index is 12.9. The highest BCUT2D eigenvalue weighted by Gasteiger charge is 2.17. The summed E-state index contributed by atoms with van der Waals surface area (Å²) in [4.78, 5) is 29.5. The van der Waals surface area contributed by atoms with E-state index in [4.69, 9.17) is 4.11 Å². The number of piperazine rings is 1. The fraction of sp³-hybridized carbons (Fsp3) is 0.273. The average Bonchev–Trinajstić information content (AvgIpc) is 3.29. The van der Waals surface area contributed by atoms with Gasteiger partial charge in [-0.2, -0.15) is 0 Å². The van der Waals surface area contributed by atoms with Crippen molar-refractivity contribution in [2.24, 2.45) is 7.05 Å². The molecule has 1 aliphatic heterocycles. The lowest BCUT2D eigenvalue weighted by atomic mass is 10.1. The first-order valence-electron chi connectivity index (χ1n) is 11.7. The monoisotopic (exact) mass is 432 g/mol. The third-order valence-corrected chi connectivity index (χ3v) is 5.32. The van der Waals surface area contributed by atoms with E-state index in [0.717, 1.165) is 16.6 Å². The van der Waals surface area contributed by atoms with Crippen LogP contribution < -0.4 is 10.2 Å². The second-order valence-corrected chi connectivity index (χ2v) is 7.58. The Hall–Kier alpha value is -3.92. The van der Waals surface area contributed by atoms with Gasteiger partial charge in [-0.25, -0.2) is 15.0 Å². The Bertz CT molecular complexity index is 1380. The van der Waals surface area contributed by atoms with Crippen LogP contribution in [0.3, 0.4) is 0 Å². The Labute approximate surface area is 189 Å². The number of pyridine rings is 1. The van der Waals surface area contributed by atoms with Gasteiger partial charge in [-0.05, 0) is 25.2 Å². The second kappa shape index (κ2) is 8.31. The number of nitrogens with one attached hydrogen (secondary N) is 1. The number of amides is 1. The van der Waals surface area contributed by atoms with Gasteiger partial charge < -0.3 is 9.80 Å². The standard InChI is InChI=1S/C22H23N9O/c1-29-7-9-31(10-8-29)20-12-16(5-6-23-20)21(32)26-22-24-13-17-4-3-15(11-18(17)25-22)19-14-30(2)28-27-19/h3-6,11-14H,7-10H2,1-2H3,(H,24,25,26,32)/i1D3. The molecule has 0 unspecified atom stereocenters. The summed E-state index contributed by atoms with van der Waals surface area (Å²) in [6, 6.07) is 8.99. The van der Waals surface area contributed by atoms with Gasteiger partial charge >= 0.3 is 0 Å². The van der Waals surface area contributed by atoms with E-state index >= 15 is 0 Å². The quantitative estimate of drug-likeness (QED) is 0.521. The predicted octanol–water partition coefficient (Wildman–Crippen LogP) is 1.82. The normalized spacial score (nSPS) is 16.4. The highest BCUT2D eigenvalue weighted by atomic mass is 16.1. The minimum atomic E-state index is -2.10. The third-order valence-electron chi connectivity index (χ3n) is 5.32. The lowest BCUT2D eigenvalue weighted by molar-refractivity contribution is 0.102. The molecule has 1 fully saturated rings. The Morgan fingerprint density at radius 2 is 2.00 bits per heavy atom. The fourth-order valence-corrected chi connectivity index (χ4v) is 3.56. The van der Waals surface area contributed by atoms with E-state index in [1.807, 2.05) is 29.3 Å². The Morgan fingerprint density at radius 1 is 1.12 bits per heavy atom. The Morgan fingerprint density at radius 3 is 2.78 bits per heavy atom. The lowest BCUT2D eigenvalue weighted by Gasteiger charge is -2.33. The predicted molar refractivity (Wildman–Crippen MR) is 121 cm³/mol. The van der Waals surface area contributed by atoms with E-state index in [2.05, 4.69) is 30.6 Å². The minimum absolute atomic E-state index is 0.184. The molecule has 10 heteroatoms. The molecule has 1 N–H and O–H groups in total. The molecule has 4 heterocycles. The molecule has 0 saturated carbocycles. The fourth-order valence-electron chi connectivity index (χ4n) is 3.56. The zero-order valence-electron chi connectivity index (χ0n) is 20.4. The summed E-state index contributed by atoms with van der Waals surface area (Å²) in [5.41, 5.74) is 2.66. The van der Waals surface area contributed by atoms with Gasteiger partial charge in [0.2, 0.25) is 5.95 Å². The van der Waals surface area contributed by atoms with Crippen molar-refractivity contribution < 1.29 is 8.91 Å². The molecule has 1 aromatic carbocycles. The summed E-state index contributed by atoms with van der Waals surface area (Å²) in [5, 5.41) is 11.7. The molecule has 0 radical (unpaired) electrons. The van der Waals surface area contributed by atoms with Crippen LogP contribution in [0.2, 0.25) is 0 Å². The number of carbonyl (C=O) groups is 1. The highest BCUT2D eigenvalue weighted by Crippen LogP contribution is 2.22. The van der Waals surface area contributed by atoms with Crippen LogP contribution in [0.1, 0.15) is 14.5 Å². The summed E-state index contributed by atoms with van der Waals surface area (Å²) in [5.74, 6) is 0.443. The van der Waals surface area contributed by atoms with Crippen LogP contribution in [-0.4, -0.2) is 73.9 Å². The van der Waals surface area contributed by atoms with Crippen molar-refractivity contribution in [1.29, 1.82) is 0 Å². The lowest BCUT2D eigenvalue weighted by Crippen LogP contribution is -2.44. The first-order chi connectivity index (χ1) is 16.8. The van der Waals surface area contributed by atoms with E-state index in [1.165, 1.54) is 4.90 Å². The van der Waals surface area contributed by atoms with E-state index < -0.39 is 6.98 Å². The van der Waals surface area contributed by atoms with Crippen molar-refractivity contribution >= 4 is 28.6 Å². The Kier molecular flexibility index (Phi) is 4.35. The number of fused-ring (bicyclic) bond motifs is 1. The number of carbonyl (C=O) groups excluding carboxylic acids is 1. The topological polar surface area (TPSA) is 105 Å². The number of aromatic nitrogens is 6. The van der Waals surface area contributed by atoms with Crippen LogP contribution in [0, 0.1) is 0 Å². The van der Waals surface area contributed by atoms with Gasteiger partial charge in [0.1, 0.15) is 11.5 Å². The second-order valence-electron chi connectivity index (χ2n) is 7.58. The molecule has 1 amide bonds. The van der Waals surface area contributed by atoms with Crippen molar-refractivity contribution in [2.75, 3.05) is 43.4 Å². The van der Waals surface area contributed by atoms with Crippen LogP contribution in [-0.2, 0) is 7.05 Å². The number of benzene rings is 1. The third kappa shape index (κ3) is 4.12. The molecule has 0 spiro atoms. The number of anilines is 2. The molecule has 10 nitrogen and oxygen atoms in total. The van der Waals surface area contributed by atoms with Gasteiger partial charge in [0.25, 0.3) is 5.91 Å². The Balaban J connectivity index is 1.31. The summed E-state index contributed by atoms with van der Waals surface area (Å²) in [6.07, 6.45) is 5.03. The maximum absolute atomic E-state index is 12.9. The zero-order valence-corrected chi connectivity index (χ0v) is 17.4. The van der Waals surface area contributed by atoms with Crippen LogP contribution in [0.4, 0.5) is 11.8 Å². The van der Waals surface area contributed by atoms with Gasteiger partial charge in [-0.3, -0.25) is 14.8 Å². The first kappa shape index (κ1) is 16.7. The first-order valence-corrected chi connectivity index (χ1v) is 10.2. The molecular formula is C22H23N9O. The summed E-state index contributed by atoms with van der Waals surface area (Å²) < 4.78 is 24.3. The molecule has 162 valence electrons. The molecule has 5 rings (SSSR count). The minimum Gasteiger partial charge on any atom is -0.354 e. The van der Waals surface area contributed by atoms with Crippen molar-refractivity contribution in [2.45, 2.75) is 0 Å². The molecule has 0 bridgehead atoms. The number of nitrogens with zero attached hydrogens (tertiary/aromatic N) is 8. The van der Waals surface area contributed by atoms with Crippen LogP contribution in [0.5, 0.6) is 0 Å². The smallest absolute Gasteiger partial charge is 0.258 e. The molecule has 1 aliphatic rings. The molecule has 0 aliphatic carbocycles. The largest absolute Gasteiger partial charge is 0.354 e. The number of rotatable bonds is 4. The van der Waals surface area contributed by atoms with E-state index in [-0.39, 0.29) is 11.9 Å². The molecule has 4 aromatic rings. The van der Waals surface area contributed by atoms with Gasteiger partial charge in [0.15, 0.2) is 0 Å². The van der Waals surface area contributed by atoms with Crippen molar-refractivity contribution in [3.63, 3.8) is 0 Å². The van der Waals surface area contributed by atoms with Crippen LogP contribution in [0.15, 0.2) is 48.9 Å². The number of hydrogen-bond donors (Lipinski definition) is 1. The summed E-state index contributed by atoms with van der Waals surface area (Å²) >= 11 is 0. The van der Waals surface area contributed by atoms with Gasteiger partial charge in [0.05, 0.1) is 11.7 Å². The molecular weight excluding hydrogens is 406 g/mol. The van der Waals surface area contributed by atoms with Gasteiger partial charge in [0, 0.05) is 66.2 Å². The van der Waals surface area contributed by atoms with E-state index in [1.54, 1.807) is 36.3 Å².